The Morgan fingerprint density at radius 3 is 3.00 bits per heavy atom. The van der Waals surface area contributed by atoms with Gasteiger partial charge in [0.2, 0.25) is 11.0 Å². The number of nitrogens with one attached hydrogen (secondary N) is 1. The predicted molar refractivity (Wildman–Crippen MR) is 90.2 cm³/mol. The van der Waals surface area contributed by atoms with Crippen molar-refractivity contribution in [1.29, 1.82) is 0 Å². The van der Waals surface area contributed by atoms with Crippen LogP contribution in [0.3, 0.4) is 0 Å². The van der Waals surface area contributed by atoms with Crippen molar-refractivity contribution >= 4 is 44.4 Å². The van der Waals surface area contributed by atoms with Gasteiger partial charge in [-0.1, -0.05) is 27.3 Å². The van der Waals surface area contributed by atoms with Crippen LogP contribution in [0, 0.1) is 0 Å². The van der Waals surface area contributed by atoms with E-state index in [4.69, 9.17) is 4.74 Å². The Morgan fingerprint density at radius 1 is 1.45 bits per heavy atom. The molecule has 5 nitrogen and oxygen atoms in total. The molecule has 1 fully saturated rings. The standard InChI is InChI=1S/C15H14BrN3O2S/c1-21-12-6-5-11(16)8-10(12)4-7-13(20)17-15-19-18-14(22-15)9-2-3-9/h4-9H,2-3H2,1H3,(H,17,19,20)/b7-4+. The first kappa shape index (κ1) is 15.2. The highest BCUT2D eigenvalue weighted by molar-refractivity contribution is 9.10. The maximum Gasteiger partial charge on any atom is 0.250 e. The summed E-state index contributed by atoms with van der Waals surface area (Å²) in [7, 11) is 1.60. The molecule has 114 valence electrons. The Labute approximate surface area is 140 Å². The van der Waals surface area contributed by atoms with Crippen LogP contribution in [-0.4, -0.2) is 23.2 Å². The number of carbonyl (C=O) groups excluding carboxylic acids is 1. The Kier molecular flexibility index (Phi) is 4.54. The average Bonchev–Trinajstić information content (AvgIpc) is 3.26. The lowest BCUT2D eigenvalue weighted by molar-refractivity contribution is -0.111. The van der Waals surface area contributed by atoms with Gasteiger partial charge in [-0.15, -0.1) is 10.2 Å². The highest BCUT2D eigenvalue weighted by Gasteiger charge is 2.27. The van der Waals surface area contributed by atoms with Gasteiger partial charge in [0.05, 0.1) is 7.11 Å². The molecule has 0 unspecified atom stereocenters. The molecule has 0 bridgehead atoms. The topological polar surface area (TPSA) is 64.1 Å². The third-order valence-electron chi connectivity index (χ3n) is 3.20. The summed E-state index contributed by atoms with van der Waals surface area (Å²) in [5, 5.41) is 12.4. The molecule has 1 N–H and O–H groups in total. The second-order valence-corrected chi connectivity index (χ2v) is 6.85. The van der Waals surface area contributed by atoms with Crippen LogP contribution < -0.4 is 10.1 Å². The summed E-state index contributed by atoms with van der Waals surface area (Å²) in [6.45, 7) is 0. The molecule has 0 aliphatic heterocycles. The van der Waals surface area contributed by atoms with Crippen molar-refractivity contribution in [2.75, 3.05) is 12.4 Å². The van der Waals surface area contributed by atoms with Crippen LogP contribution in [0.4, 0.5) is 5.13 Å². The molecule has 1 heterocycles. The van der Waals surface area contributed by atoms with E-state index in [0.717, 1.165) is 15.0 Å². The number of methoxy groups -OCH3 is 1. The van der Waals surface area contributed by atoms with E-state index >= 15 is 0 Å². The molecule has 0 spiro atoms. The van der Waals surface area contributed by atoms with Gasteiger partial charge in [0, 0.05) is 22.0 Å². The summed E-state index contributed by atoms with van der Waals surface area (Å²) in [5.74, 6) is 1.02. The highest BCUT2D eigenvalue weighted by atomic mass is 79.9. The molecule has 1 aromatic carbocycles. The number of hydrogen-bond acceptors (Lipinski definition) is 5. The van der Waals surface area contributed by atoms with Crippen molar-refractivity contribution in [2.24, 2.45) is 0 Å². The van der Waals surface area contributed by atoms with E-state index in [1.54, 1.807) is 13.2 Å². The van der Waals surface area contributed by atoms with Crippen molar-refractivity contribution in [1.82, 2.24) is 10.2 Å². The maximum absolute atomic E-state index is 12.0. The molecule has 1 saturated carbocycles. The number of halogens is 1. The molecule has 0 saturated heterocycles. The van der Waals surface area contributed by atoms with Crippen molar-refractivity contribution < 1.29 is 9.53 Å². The second-order valence-electron chi connectivity index (χ2n) is 4.93. The third-order valence-corrected chi connectivity index (χ3v) is 4.70. The molecule has 0 radical (unpaired) electrons. The van der Waals surface area contributed by atoms with Crippen LogP contribution in [0.1, 0.15) is 29.3 Å². The number of ether oxygens (including phenoxy) is 1. The fourth-order valence-electron chi connectivity index (χ4n) is 1.93. The molecule has 22 heavy (non-hydrogen) atoms. The summed E-state index contributed by atoms with van der Waals surface area (Å²) in [4.78, 5) is 12.0. The molecule has 1 aromatic heterocycles. The van der Waals surface area contributed by atoms with Crippen LogP contribution in [0.5, 0.6) is 5.75 Å². The first-order chi connectivity index (χ1) is 10.7. The number of rotatable bonds is 5. The van der Waals surface area contributed by atoms with Crippen LogP contribution in [0.2, 0.25) is 0 Å². The Bertz CT molecular complexity index is 725. The van der Waals surface area contributed by atoms with Gasteiger partial charge in [-0.25, -0.2) is 0 Å². The summed E-state index contributed by atoms with van der Waals surface area (Å²) in [5.41, 5.74) is 0.822. The SMILES string of the molecule is COc1ccc(Br)cc1/C=C/C(=O)Nc1nnc(C2CC2)s1. The van der Waals surface area contributed by atoms with Gasteiger partial charge in [0.15, 0.2) is 0 Å². The van der Waals surface area contributed by atoms with Gasteiger partial charge >= 0.3 is 0 Å². The van der Waals surface area contributed by atoms with Gasteiger partial charge in [-0.2, -0.15) is 0 Å². The van der Waals surface area contributed by atoms with Gasteiger partial charge in [-0.3, -0.25) is 10.1 Å². The fourth-order valence-corrected chi connectivity index (χ4v) is 3.22. The summed E-state index contributed by atoms with van der Waals surface area (Å²) < 4.78 is 6.19. The zero-order valence-corrected chi connectivity index (χ0v) is 14.3. The third kappa shape index (κ3) is 3.72. The number of carbonyl (C=O) groups is 1. The summed E-state index contributed by atoms with van der Waals surface area (Å²) >= 11 is 4.85. The van der Waals surface area contributed by atoms with E-state index in [1.165, 1.54) is 30.3 Å². The van der Waals surface area contributed by atoms with Crippen molar-refractivity contribution in [3.63, 3.8) is 0 Å². The van der Waals surface area contributed by atoms with E-state index in [9.17, 15) is 4.79 Å². The Hall–Kier alpha value is -1.73. The molecule has 1 amide bonds. The van der Waals surface area contributed by atoms with Gasteiger partial charge in [0.25, 0.3) is 0 Å². The monoisotopic (exact) mass is 379 g/mol. The zero-order chi connectivity index (χ0) is 15.5. The van der Waals surface area contributed by atoms with Gasteiger partial charge in [0.1, 0.15) is 10.8 Å². The van der Waals surface area contributed by atoms with Crippen molar-refractivity contribution in [2.45, 2.75) is 18.8 Å². The minimum absolute atomic E-state index is 0.236. The number of anilines is 1. The van der Waals surface area contributed by atoms with Crippen LogP contribution in [0.25, 0.3) is 6.08 Å². The molecule has 7 heteroatoms. The zero-order valence-electron chi connectivity index (χ0n) is 11.9. The van der Waals surface area contributed by atoms with E-state index < -0.39 is 0 Å². The van der Waals surface area contributed by atoms with Crippen LogP contribution in [0.15, 0.2) is 28.7 Å². The highest BCUT2D eigenvalue weighted by Crippen LogP contribution is 2.42. The first-order valence-corrected chi connectivity index (χ1v) is 8.42. The minimum atomic E-state index is -0.236. The number of amides is 1. The molecular weight excluding hydrogens is 366 g/mol. The van der Waals surface area contributed by atoms with Gasteiger partial charge < -0.3 is 4.74 Å². The number of benzene rings is 1. The summed E-state index contributed by atoms with van der Waals surface area (Å²) in [6.07, 6.45) is 5.51. The number of nitrogens with zero attached hydrogens (tertiary/aromatic N) is 2. The van der Waals surface area contributed by atoms with Crippen molar-refractivity contribution in [3.05, 3.63) is 39.3 Å². The van der Waals surface area contributed by atoms with E-state index in [-0.39, 0.29) is 5.91 Å². The van der Waals surface area contributed by atoms with E-state index in [1.807, 2.05) is 18.2 Å². The summed E-state index contributed by atoms with van der Waals surface area (Å²) in [6, 6.07) is 5.62. The lowest BCUT2D eigenvalue weighted by Crippen LogP contribution is -2.07. The Morgan fingerprint density at radius 2 is 2.27 bits per heavy atom. The smallest absolute Gasteiger partial charge is 0.250 e. The van der Waals surface area contributed by atoms with E-state index in [2.05, 4.69) is 31.4 Å². The van der Waals surface area contributed by atoms with E-state index in [0.29, 0.717) is 16.8 Å². The van der Waals surface area contributed by atoms with Crippen LogP contribution in [-0.2, 0) is 4.79 Å². The lowest BCUT2D eigenvalue weighted by Gasteiger charge is -2.04. The first-order valence-electron chi connectivity index (χ1n) is 6.81. The molecular formula is C15H14BrN3O2S. The average molecular weight is 380 g/mol. The largest absolute Gasteiger partial charge is 0.496 e. The Balaban J connectivity index is 1.66. The quantitative estimate of drug-likeness (QED) is 0.801. The number of hydrogen-bond donors (Lipinski definition) is 1. The molecule has 0 atom stereocenters. The fraction of sp³-hybridized carbons (Fsp3) is 0.267. The molecule has 2 aromatic rings. The lowest BCUT2D eigenvalue weighted by atomic mass is 10.2. The van der Waals surface area contributed by atoms with Crippen LogP contribution >= 0.6 is 27.3 Å². The maximum atomic E-state index is 12.0. The molecule has 1 aliphatic carbocycles. The predicted octanol–water partition coefficient (Wildman–Crippen LogP) is 3.84. The minimum Gasteiger partial charge on any atom is -0.496 e. The second kappa shape index (κ2) is 6.58. The van der Waals surface area contributed by atoms with Gasteiger partial charge in [-0.05, 0) is 37.1 Å². The molecule has 1 aliphatic rings. The molecule has 3 rings (SSSR count). The normalized spacial score (nSPS) is 14.3. The van der Waals surface area contributed by atoms with Crippen molar-refractivity contribution in [3.8, 4) is 5.75 Å². The number of aromatic nitrogens is 2.